The van der Waals surface area contributed by atoms with Crippen LogP contribution in [-0.2, 0) is 9.59 Å². The number of carbonyl (C=O) groups is 3. The molecule has 1 aromatic rings. The van der Waals surface area contributed by atoms with Gasteiger partial charge in [0.2, 0.25) is 0 Å². The van der Waals surface area contributed by atoms with Crippen molar-refractivity contribution in [1.82, 2.24) is 15.3 Å². The normalized spacial score (nSPS) is 12.7. The summed E-state index contributed by atoms with van der Waals surface area (Å²) in [5, 5.41) is 4.15. The summed E-state index contributed by atoms with van der Waals surface area (Å²) in [6.45, 7) is 1.81. The Hall–Kier alpha value is -2.87. The number of hydrogen-bond acceptors (Lipinski definition) is 6. The smallest absolute Gasteiger partial charge is 0.288 e. The lowest BCUT2D eigenvalue weighted by Crippen LogP contribution is -2.41. The van der Waals surface area contributed by atoms with Crippen LogP contribution in [0.5, 0.6) is 5.75 Å². The minimum Gasteiger partial charge on any atom is -0.448 e. The van der Waals surface area contributed by atoms with E-state index in [1.165, 1.54) is 17.0 Å². The van der Waals surface area contributed by atoms with Crippen molar-refractivity contribution in [2.24, 2.45) is 0 Å². The third kappa shape index (κ3) is 2.95. The van der Waals surface area contributed by atoms with E-state index in [9.17, 15) is 14.4 Å². The maximum absolute atomic E-state index is 12.4. The third-order valence-corrected chi connectivity index (χ3v) is 3.67. The number of likely N-dealkylation sites (N-methyl/N-ethyl adjacent to an activating group) is 1. The highest BCUT2D eigenvalue weighted by Gasteiger charge is 2.30. The molecule has 1 aromatic carbocycles. The lowest BCUT2D eigenvalue weighted by Gasteiger charge is -2.27. The van der Waals surface area contributed by atoms with Crippen molar-refractivity contribution >= 4 is 23.8 Å². The molecule has 1 heterocycles. The van der Waals surface area contributed by atoms with Crippen LogP contribution in [0.25, 0.3) is 0 Å². The number of amides is 2. The van der Waals surface area contributed by atoms with Gasteiger partial charge in [0.05, 0.1) is 11.3 Å². The first-order chi connectivity index (χ1) is 11.3. The van der Waals surface area contributed by atoms with Gasteiger partial charge in [-0.3, -0.25) is 19.4 Å². The Balaban J connectivity index is 2.56. The largest absolute Gasteiger partial charge is 0.448 e. The molecule has 0 saturated heterocycles. The van der Waals surface area contributed by atoms with Gasteiger partial charge < -0.3 is 15.0 Å². The molecule has 0 radical (unpaired) electrons. The van der Waals surface area contributed by atoms with Crippen LogP contribution in [0.1, 0.15) is 15.9 Å². The van der Waals surface area contributed by atoms with Crippen molar-refractivity contribution in [3.63, 3.8) is 0 Å². The zero-order chi connectivity index (χ0) is 18.0. The number of aldehydes is 1. The fraction of sp³-hybridized carbons (Fsp3) is 0.312. The van der Waals surface area contributed by atoms with Gasteiger partial charge in [-0.05, 0) is 18.6 Å². The SMILES string of the molecule is CNN(C)C(=O)C1=C(C=O)Oc2c(C(=O)N(C)C)ccc(C)c2N1. The number of rotatable bonds is 4. The second-order valence-corrected chi connectivity index (χ2v) is 5.51. The van der Waals surface area contributed by atoms with Gasteiger partial charge in [0.15, 0.2) is 23.5 Å². The second-order valence-electron chi connectivity index (χ2n) is 5.51. The summed E-state index contributed by atoms with van der Waals surface area (Å²) < 4.78 is 5.62. The number of allylic oxidation sites excluding steroid dienone is 1. The van der Waals surface area contributed by atoms with E-state index in [1.807, 2.05) is 6.92 Å². The van der Waals surface area contributed by atoms with Crippen LogP contribution in [-0.4, -0.2) is 56.2 Å². The summed E-state index contributed by atoms with van der Waals surface area (Å²) in [6, 6.07) is 3.38. The lowest BCUT2D eigenvalue weighted by atomic mass is 10.0. The van der Waals surface area contributed by atoms with Gasteiger partial charge in [-0.15, -0.1) is 0 Å². The Morgan fingerprint density at radius 2 is 1.88 bits per heavy atom. The number of nitrogens with zero attached hydrogens (tertiary/aromatic N) is 2. The number of aryl methyl sites for hydroxylation is 1. The Morgan fingerprint density at radius 1 is 1.21 bits per heavy atom. The predicted molar refractivity (Wildman–Crippen MR) is 88.4 cm³/mol. The predicted octanol–water partition coefficient (Wildman–Crippen LogP) is 0.504. The van der Waals surface area contributed by atoms with Gasteiger partial charge in [-0.25, -0.2) is 5.43 Å². The number of fused-ring (bicyclic) bond motifs is 1. The highest BCUT2D eigenvalue weighted by atomic mass is 16.5. The zero-order valence-corrected chi connectivity index (χ0v) is 14.3. The minimum absolute atomic E-state index is 0.00639. The van der Waals surface area contributed by atoms with E-state index < -0.39 is 5.91 Å². The van der Waals surface area contributed by atoms with Crippen LogP contribution >= 0.6 is 0 Å². The molecule has 0 saturated carbocycles. The van der Waals surface area contributed by atoms with E-state index in [1.54, 1.807) is 33.3 Å². The molecule has 2 N–H and O–H groups in total. The molecular weight excluding hydrogens is 312 g/mol. The van der Waals surface area contributed by atoms with E-state index >= 15 is 0 Å². The molecule has 0 atom stereocenters. The molecule has 0 spiro atoms. The molecule has 2 amide bonds. The van der Waals surface area contributed by atoms with Crippen molar-refractivity contribution in [2.75, 3.05) is 33.5 Å². The van der Waals surface area contributed by atoms with E-state index in [2.05, 4.69) is 10.7 Å². The first kappa shape index (κ1) is 17.5. The molecule has 0 aromatic heterocycles. The number of carbonyl (C=O) groups excluding carboxylic acids is 3. The number of hydrogen-bond donors (Lipinski definition) is 2. The first-order valence-corrected chi connectivity index (χ1v) is 7.26. The molecule has 8 nitrogen and oxygen atoms in total. The molecule has 128 valence electrons. The van der Waals surface area contributed by atoms with Crippen LogP contribution in [0.3, 0.4) is 0 Å². The Morgan fingerprint density at radius 3 is 2.42 bits per heavy atom. The van der Waals surface area contributed by atoms with Crippen molar-refractivity contribution in [1.29, 1.82) is 0 Å². The first-order valence-electron chi connectivity index (χ1n) is 7.26. The van der Waals surface area contributed by atoms with Crippen LogP contribution in [0.15, 0.2) is 23.6 Å². The number of benzene rings is 1. The fourth-order valence-corrected chi connectivity index (χ4v) is 2.21. The topological polar surface area (TPSA) is 91.0 Å². The van der Waals surface area contributed by atoms with Crippen molar-refractivity contribution in [3.8, 4) is 5.75 Å². The van der Waals surface area contributed by atoms with E-state index in [0.717, 1.165) is 5.56 Å². The van der Waals surface area contributed by atoms with Crippen LogP contribution in [0, 0.1) is 6.92 Å². The standard InChI is InChI=1S/C16H20N4O4/c1-9-6-7-10(15(22)19(3)4)14-12(9)18-13(11(8-21)24-14)16(23)20(5)17-2/h6-8,17-18H,1-5H3. The van der Waals surface area contributed by atoms with E-state index in [0.29, 0.717) is 17.5 Å². The molecule has 0 bridgehead atoms. The van der Waals surface area contributed by atoms with E-state index in [4.69, 9.17) is 4.74 Å². The quantitative estimate of drug-likeness (QED) is 0.616. The molecule has 1 aliphatic heterocycles. The summed E-state index contributed by atoms with van der Waals surface area (Å²) in [4.78, 5) is 37.5. The average molecular weight is 332 g/mol. The molecule has 1 aliphatic rings. The van der Waals surface area contributed by atoms with Gasteiger partial charge in [-0.1, -0.05) is 6.07 Å². The van der Waals surface area contributed by atoms with Crippen LogP contribution in [0.2, 0.25) is 0 Å². The summed E-state index contributed by atoms with van der Waals surface area (Å²) >= 11 is 0. The zero-order valence-electron chi connectivity index (χ0n) is 14.3. The number of hydrazine groups is 1. The van der Waals surface area contributed by atoms with Crippen molar-refractivity contribution < 1.29 is 19.1 Å². The molecule has 8 heteroatoms. The highest BCUT2D eigenvalue weighted by molar-refractivity contribution is 6.05. The monoisotopic (exact) mass is 332 g/mol. The number of nitrogens with one attached hydrogen (secondary N) is 2. The summed E-state index contributed by atoms with van der Waals surface area (Å²) in [6.07, 6.45) is 0.443. The maximum Gasteiger partial charge on any atom is 0.288 e. The minimum atomic E-state index is -0.464. The Labute approximate surface area is 140 Å². The summed E-state index contributed by atoms with van der Waals surface area (Å²) in [7, 11) is 6.35. The average Bonchev–Trinajstić information content (AvgIpc) is 2.59. The van der Waals surface area contributed by atoms with Gasteiger partial charge in [0.25, 0.3) is 11.8 Å². The fourth-order valence-electron chi connectivity index (χ4n) is 2.21. The van der Waals surface area contributed by atoms with Gasteiger partial charge >= 0.3 is 0 Å². The van der Waals surface area contributed by atoms with Crippen LogP contribution in [0.4, 0.5) is 5.69 Å². The van der Waals surface area contributed by atoms with Gasteiger partial charge in [0.1, 0.15) is 0 Å². The molecule has 0 fully saturated rings. The lowest BCUT2D eigenvalue weighted by molar-refractivity contribution is -0.128. The Kier molecular flexibility index (Phi) is 4.89. The third-order valence-electron chi connectivity index (χ3n) is 3.67. The Bertz CT molecular complexity index is 740. The molecule has 24 heavy (non-hydrogen) atoms. The van der Waals surface area contributed by atoms with Crippen molar-refractivity contribution in [2.45, 2.75) is 6.92 Å². The molecular formula is C16H20N4O4. The second kappa shape index (κ2) is 6.71. The maximum atomic E-state index is 12.4. The number of ether oxygens (including phenoxy) is 1. The van der Waals surface area contributed by atoms with Gasteiger partial charge in [-0.2, -0.15) is 0 Å². The molecule has 0 unspecified atom stereocenters. The number of anilines is 1. The highest BCUT2D eigenvalue weighted by Crippen LogP contribution is 2.38. The molecule has 2 rings (SSSR count). The molecule has 0 aliphatic carbocycles. The van der Waals surface area contributed by atoms with Gasteiger partial charge in [0, 0.05) is 28.2 Å². The summed E-state index contributed by atoms with van der Waals surface area (Å²) in [5.41, 5.74) is 4.25. The van der Waals surface area contributed by atoms with Crippen molar-refractivity contribution in [3.05, 3.63) is 34.7 Å². The van der Waals surface area contributed by atoms with Crippen LogP contribution < -0.4 is 15.5 Å². The van der Waals surface area contributed by atoms with E-state index in [-0.39, 0.29) is 23.1 Å². The summed E-state index contributed by atoms with van der Waals surface area (Å²) in [5.74, 6) is -0.665.